The lowest BCUT2D eigenvalue weighted by molar-refractivity contribution is 1.63. The van der Waals surface area contributed by atoms with Gasteiger partial charge in [-0.25, -0.2) is 0 Å². The maximum Gasteiger partial charge on any atom is 0.0434 e. The third-order valence-electron chi connectivity index (χ3n) is 11.4. The largest absolute Gasteiger partial charge is 0.135 e. The molecule has 54 heavy (non-hydrogen) atoms. The van der Waals surface area contributed by atoms with Crippen molar-refractivity contribution >= 4 is 106 Å². The van der Waals surface area contributed by atoms with E-state index in [4.69, 9.17) is 0 Å². The summed E-state index contributed by atoms with van der Waals surface area (Å²) >= 11 is 3.81. The molecule has 0 saturated carbocycles. The van der Waals surface area contributed by atoms with Crippen molar-refractivity contribution in [2.24, 2.45) is 0 Å². The van der Waals surface area contributed by atoms with Crippen molar-refractivity contribution in [2.75, 3.05) is 0 Å². The number of rotatable bonds is 3. The summed E-state index contributed by atoms with van der Waals surface area (Å²) in [7, 11) is 0. The fraction of sp³-hybridized carbons (Fsp3) is 0. The van der Waals surface area contributed by atoms with Crippen LogP contribution >= 0.6 is 22.7 Å². The van der Waals surface area contributed by atoms with Crippen LogP contribution in [0.15, 0.2) is 182 Å². The highest BCUT2D eigenvalue weighted by Gasteiger charge is 2.19. The summed E-state index contributed by atoms with van der Waals surface area (Å²) in [6.45, 7) is 0. The topological polar surface area (TPSA) is 0 Å². The molecule has 0 atom stereocenters. The molecule has 0 N–H and O–H groups in total. The minimum absolute atomic E-state index is 1.23. The molecule has 0 aliphatic rings. The Labute approximate surface area is 319 Å². The van der Waals surface area contributed by atoms with E-state index in [2.05, 4.69) is 182 Å². The number of hydrogen-bond donors (Lipinski definition) is 0. The molecule has 12 rings (SSSR count). The van der Waals surface area contributed by atoms with Crippen molar-refractivity contribution in [1.82, 2.24) is 0 Å². The summed E-state index contributed by atoms with van der Waals surface area (Å²) in [4.78, 5) is 0. The second-order valence-electron chi connectivity index (χ2n) is 14.3. The average molecular weight is 719 g/mol. The summed E-state index contributed by atoms with van der Waals surface area (Å²) in [5.74, 6) is 0. The first-order chi connectivity index (χ1) is 26.8. The Kier molecular flexibility index (Phi) is 6.48. The lowest BCUT2D eigenvalue weighted by atomic mass is 9.84. The first-order valence-electron chi connectivity index (χ1n) is 18.5. The third-order valence-corrected chi connectivity index (χ3v) is 13.8. The molecule has 0 nitrogen and oxygen atoms in total. The molecule has 10 aromatic carbocycles. The van der Waals surface area contributed by atoms with Gasteiger partial charge in [0, 0.05) is 45.7 Å². The van der Waals surface area contributed by atoms with Gasteiger partial charge in [0.1, 0.15) is 0 Å². The van der Waals surface area contributed by atoms with Gasteiger partial charge in [0.15, 0.2) is 0 Å². The standard InChI is InChI=1S/C52H30S2/c1-2-15-35-31(11-1)12-10-21-37(35)50-40-19-5-3-17-38(40)49(39-18-4-6-20-41(39)50)34-14-9-13-32(29-34)33-23-27-47-45(30-33)51-42-24-25-43-36-16-7-8-22-46(36)54-52(43)44(42)26-28-48(51)53-47/h1-30H. The van der Waals surface area contributed by atoms with E-state index in [1.807, 2.05) is 22.7 Å². The molecule has 0 bridgehead atoms. The van der Waals surface area contributed by atoms with Crippen LogP contribution in [-0.4, -0.2) is 0 Å². The van der Waals surface area contributed by atoms with Gasteiger partial charge in [-0.15, -0.1) is 22.7 Å². The van der Waals surface area contributed by atoms with Gasteiger partial charge < -0.3 is 0 Å². The maximum atomic E-state index is 2.43. The van der Waals surface area contributed by atoms with Gasteiger partial charge >= 0.3 is 0 Å². The van der Waals surface area contributed by atoms with Gasteiger partial charge in [-0.2, -0.15) is 0 Å². The van der Waals surface area contributed by atoms with Gasteiger partial charge in [-0.1, -0.05) is 152 Å². The van der Waals surface area contributed by atoms with Gasteiger partial charge in [-0.05, 0) is 101 Å². The lowest BCUT2D eigenvalue weighted by Gasteiger charge is -2.19. The molecule has 0 aliphatic carbocycles. The molecule has 0 unspecified atom stereocenters. The van der Waals surface area contributed by atoms with Crippen molar-refractivity contribution < 1.29 is 0 Å². The van der Waals surface area contributed by atoms with Crippen molar-refractivity contribution in [3.63, 3.8) is 0 Å². The average Bonchev–Trinajstić information content (AvgIpc) is 3.81. The Balaban J connectivity index is 1.07. The van der Waals surface area contributed by atoms with Crippen LogP contribution in [0, 0.1) is 0 Å². The molecule has 0 saturated heterocycles. The molecule has 12 aromatic rings. The fourth-order valence-electron chi connectivity index (χ4n) is 9.07. The first-order valence-corrected chi connectivity index (χ1v) is 20.1. The number of fused-ring (bicyclic) bond motifs is 12. The Hall–Kier alpha value is -6.32. The van der Waals surface area contributed by atoms with Crippen LogP contribution in [0.25, 0.3) is 117 Å². The van der Waals surface area contributed by atoms with Gasteiger partial charge in [0.2, 0.25) is 0 Å². The number of benzene rings is 10. The minimum atomic E-state index is 1.23. The third kappa shape index (κ3) is 4.36. The van der Waals surface area contributed by atoms with Crippen molar-refractivity contribution in [3.8, 4) is 33.4 Å². The van der Waals surface area contributed by atoms with E-state index < -0.39 is 0 Å². The Morgan fingerprint density at radius 2 is 0.833 bits per heavy atom. The second kappa shape index (κ2) is 11.6. The zero-order valence-corrected chi connectivity index (χ0v) is 30.8. The van der Waals surface area contributed by atoms with Gasteiger partial charge in [-0.3, -0.25) is 0 Å². The maximum absolute atomic E-state index is 2.43. The summed E-state index contributed by atoms with van der Waals surface area (Å²) < 4.78 is 5.40. The molecule has 2 heterocycles. The van der Waals surface area contributed by atoms with E-state index in [0.717, 1.165) is 0 Å². The molecule has 2 aromatic heterocycles. The molecular weight excluding hydrogens is 689 g/mol. The van der Waals surface area contributed by atoms with Crippen molar-refractivity contribution in [1.29, 1.82) is 0 Å². The predicted octanol–water partition coefficient (Wildman–Crippen LogP) is 16.0. The van der Waals surface area contributed by atoms with Crippen LogP contribution in [0.3, 0.4) is 0 Å². The van der Waals surface area contributed by atoms with E-state index in [-0.39, 0.29) is 0 Å². The quantitative estimate of drug-likeness (QED) is 0.160. The van der Waals surface area contributed by atoms with Crippen LogP contribution < -0.4 is 0 Å². The molecule has 250 valence electrons. The highest BCUT2D eigenvalue weighted by atomic mass is 32.1. The smallest absolute Gasteiger partial charge is 0.0434 e. The molecule has 2 heteroatoms. The summed E-state index contributed by atoms with van der Waals surface area (Å²) in [6.07, 6.45) is 0. The highest BCUT2D eigenvalue weighted by molar-refractivity contribution is 7.27. The minimum Gasteiger partial charge on any atom is -0.135 e. The molecule has 0 spiro atoms. The Morgan fingerprint density at radius 3 is 1.65 bits per heavy atom. The van der Waals surface area contributed by atoms with Gasteiger partial charge in [0.25, 0.3) is 0 Å². The monoisotopic (exact) mass is 718 g/mol. The normalized spacial score (nSPS) is 12.1. The molecule has 0 fully saturated rings. The van der Waals surface area contributed by atoms with Crippen LogP contribution in [0.1, 0.15) is 0 Å². The van der Waals surface area contributed by atoms with Crippen LogP contribution in [0.4, 0.5) is 0 Å². The lowest BCUT2D eigenvalue weighted by Crippen LogP contribution is -1.92. The predicted molar refractivity (Wildman–Crippen MR) is 239 cm³/mol. The Morgan fingerprint density at radius 1 is 0.278 bits per heavy atom. The van der Waals surface area contributed by atoms with E-state index in [1.165, 1.54) is 117 Å². The Bertz CT molecular complexity index is 3440. The molecule has 0 amide bonds. The highest BCUT2D eigenvalue weighted by Crippen LogP contribution is 2.47. The molecular formula is C52H30S2. The fourth-order valence-corrected chi connectivity index (χ4v) is 11.4. The van der Waals surface area contributed by atoms with Crippen LogP contribution in [0.5, 0.6) is 0 Å². The molecule has 0 radical (unpaired) electrons. The van der Waals surface area contributed by atoms with Crippen LogP contribution in [-0.2, 0) is 0 Å². The van der Waals surface area contributed by atoms with E-state index in [0.29, 0.717) is 0 Å². The van der Waals surface area contributed by atoms with E-state index >= 15 is 0 Å². The second-order valence-corrected chi connectivity index (χ2v) is 16.5. The zero-order valence-electron chi connectivity index (χ0n) is 29.1. The van der Waals surface area contributed by atoms with Crippen LogP contribution in [0.2, 0.25) is 0 Å². The molecule has 0 aliphatic heterocycles. The summed E-state index contributed by atoms with van der Waals surface area (Å²) in [5.41, 5.74) is 7.56. The van der Waals surface area contributed by atoms with Crippen molar-refractivity contribution in [3.05, 3.63) is 182 Å². The zero-order chi connectivity index (χ0) is 35.3. The van der Waals surface area contributed by atoms with Gasteiger partial charge in [0.05, 0.1) is 0 Å². The summed E-state index contributed by atoms with van der Waals surface area (Å²) in [5, 5.41) is 15.7. The number of hydrogen-bond acceptors (Lipinski definition) is 2. The first kappa shape index (κ1) is 30.2. The van der Waals surface area contributed by atoms with E-state index in [1.54, 1.807) is 0 Å². The number of thiophene rings is 2. The summed E-state index contributed by atoms with van der Waals surface area (Å²) in [6, 6.07) is 67.8. The SMILES string of the molecule is c1cc(-c2ccc3sc4ccc5c(ccc6c7ccccc7sc65)c4c3c2)cc(-c2c3ccccc3c(-c3cccc4ccccc34)c3ccccc23)c1. The van der Waals surface area contributed by atoms with E-state index in [9.17, 15) is 0 Å². The van der Waals surface area contributed by atoms with Crippen molar-refractivity contribution in [2.45, 2.75) is 0 Å².